The lowest BCUT2D eigenvalue weighted by molar-refractivity contribution is -0.121. The molecule has 5 heteroatoms. The molecule has 0 aliphatic heterocycles. The monoisotopic (exact) mass is 271 g/mol. The third kappa shape index (κ3) is 5.34. The molecule has 0 heterocycles. The molecule has 106 valence electrons. The second-order valence-electron chi connectivity index (χ2n) is 4.94. The number of amides is 1. The van der Waals surface area contributed by atoms with Gasteiger partial charge in [-0.15, -0.1) is 0 Å². The number of hydrogen-bond acceptors (Lipinski definition) is 2. The van der Waals surface area contributed by atoms with Crippen molar-refractivity contribution < 1.29 is 18.7 Å². The molecule has 1 atom stereocenters. The van der Waals surface area contributed by atoms with Crippen LogP contribution in [0.4, 0.5) is 8.78 Å². The number of halogens is 2. The van der Waals surface area contributed by atoms with E-state index in [1.165, 1.54) is 6.07 Å². The summed E-state index contributed by atoms with van der Waals surface area (Å²) in [5.41, 5.74) is -0.833. The van der Waals surface area contributed by atoms with Crippen LogP contribution in [0.15, 0.2) is 18.2 Å². The first kappa shape index (κ1) is 15.6. The first-order chi connectivity index (χ1) is 8.84. The molecule has 1 aromatic carbocycles. The first-order valence-electron chi connectivity index (χ1n) is 6.27. The molecule has 0 fully saturated rings. The van der Waals surface area contributed by atoms with Gasteiger partial charge in [-0.3, -0.25) is 4.79 Å². The summed E-state index contributed by atoms with van der Waals surface area (Å²) in [6, 6.07) is 3.10. The Hall–Kier alpha value is -1.49. The standard InChI is InChI=1S/C14H19F2NO2/c1-3-6-14(2,19)9-17-13(18)7-10-4-5-11(15)8-12(10)16/h4-5,8,19H,3,6-7,9H2,1-2H3,(H,17,18). The minimum absolute atomic E-state index is 0.114. The van der Waals surface area contributed by atoms with Crippen LogP contribution < -0.4 is 5.32 Å². The summed E-state index contributed by atoms with van der Waals surface area (Å²) < 4.78 is 26.0. The van der Waals surface area contributed by atoms with Gasteiger partial charge < -0.3 is 10.4 Å². The van der Waals surface area contributed by atoms with E-state index in [0.29, 0.717) is 6.42 Å². The van der Waals surface area contributed by atoms with Gasteiger partial charge in [0.2, 0.25) is 5.91 Å². The molecule has 0 bridgehead atoms. The number of rotatable bonds is 6. The average Bonchev–Trinajstić information content (AvgIpc) is 2.30. The summed E-state index contributed by atoms with van der Waals surface area (Å²) in [4.78, 5) is 11.6. The molecule has 1 rings (SSSR count). The molecule has 19 heavy (non-hydrogen) atoms. The summed E-state index contributed by atoms with van der Waals surface area (Å²) in [5.74, 6) is -1.81. The van der Waals surface area contributed by atoms with Gasteiger partial charge in [-0.2, -0.15) is 0 Å². The van der Waals surface area contributed by atoms with Crippen LogP contribution >= 0.6 is 0 Å². The molecule has 0 aromatic heterocycles. The van der Waals surface area contributed by atoms with Gasteiger partial charge in [-0.1, -0.05) is 19.4 Å². The zero-order valence-electron chi connectivity index (χ0n) is 11.2. The number of carbonyl (C=O) groups is 1. The number of aliphatic hydroxyl groups is 1. The van der Waals surface area contributed by atoms with Crippen LogP contribution in [0.25, 0.3) is 0 Å². The fraction of sp³-hybridized carbons (Fsp3) is 0.500. The van der Waals surface area contributed by atoms with E-state index in [0.717, 1.165) is 18.6 Å². The van der Waals surface area contributed by atoms with Crippen LogP contribution in [-0.2, 0) is 11.2 Å². The van der Waals surface area contributed by atoms with Crippen molar-refractivity contribution >= 4 is 5.91 Å². The zero-order valence-corrected chi connectivity index (χ0v) is 11.2. The normalized spacial score (nSPS) is 13.9. The maximum absolute atomic E-state index is 13.3. The van der Waals surface area contributed by atoms with Crippen molar-refractivity contribution in [3.63, 3.8) is 0 Å². The predicted octanol–water partition coefficient (Wildman–Crippen LogP) is 2.17. The van der Waals surface area contributed by atoms with Crippen LogP contribution in [0.2, 0.25) is 0 Å². The van der Waals surface area contributed by atoms with Crippen molar-refractivity contribution in [2.24, 2.45) is 0 Å². The fourth-order valence-electron chi connectivity index (χ4n) is 1.82. The Kier molecular flexibility index (Phi) is 5.42. The summed E-state index contributed by atoms with van der Waals surface area (Å²) in [7, 11) is 0. The van der Waals surface area contributed by atoms with Gasteiger partial charge >= 0.3 is 0 Å². The van der Waals surface area contributed by atoms with E-state index in [1.807, 2.05) is 6.92 Å². The molecule has 1 aromatic rings. The number of carbonyl (C=O) groups excluding carboxylic acids is 1. The van der Waals surface area contributed by atoms with Gasteiger partial charge in [-0.05, 0) is 25.0 Å². The Bertz CT molecular complexity index is 447. The molecular weight excluding hydrogens is 252 g/mol. The molecule has 2 N–H and O–H groups in total. The largest absolute Gasteiger partial charge is 0.388 e. The summed E-state index contributed by atoms with van der Waals surface area (Å²) in [6.45, 7) is 3.68. The second-order valence-corrected chi connectivity index (χ2v) is 4.94. The van der Waals surface area contributed by atoms with Gasteiger partial charge in [-0.25, -0.2) is 8.78 Å². The average molecular weight is 271 g/mol. The summed E-state index contributed by atoms with van der Waals surface area (Å²) in [6.07, 6.45) is 1.20. The smallest absolute Gasteiger partial charge is 0.224 e. The highest BCUT2D eigenvalue weighted by Gasteiger charge is 2.20. The molecule has 0 spiro atoms. The Morgan fingerprint density at radius 3 is 2.68 bits per heavy atom. The third-order valence-corrected chi connectivity index (χ3v) is 2.82. The van der Waals surface area contributed by atoms with Crippen LogP contribution in [0, 0.1) is 11.6 Å². The van der Waals surface area contributed by atoms with E-state index in [9.17, 15) is 18.7 Å². The van der Waals surface area contributed by atoms with Gasteiger partial charge in [0.1, 0.15) is 11.6 Å². The molecule has 0 aliphatic rings. The first-order valence-corrected chi connectivity index (χ1v) is 6.27. The molecule has 1 amide bonds. The number of benzene rings is 1. The fourth-order valence-corrected chi connectivity index (χ4v) is 1.82. The van der Waals surface area contributed by atoms with Gasteiger partial charge in [0.05, 0.1) is 12.0 Å². The number of hydrogen-bond donors (Lipinski definition) is 2. The van der Waals surface area contributed by atoms with Crippen molar-refractivity contribution in [1.82, 2.24) is 5.32 Å². The molecule has 0 saturated carbocycles. The lowest BCUT2D eigenvalue weighted by Crippen LogP contribution is -2.41. The highest BCUT2D eigenvalue weighted by Crippen LogP contribution is 2.12. The maximum atomic E-state index is 13.3. The van der Waals surface area contributed by atoms with Crippen LogP contribution in [0.1, 0.15) is 32.3 Å². The van der Waals surface area contributed by atoms with Gasteiger partial charge in [0.15, 0.2) is 0 Å². The van der Waals surface area contributed by atoms with Crippen LogP contribution in [0.3, 0.4) is 0 Å². The van der Waals surface area contributed by atoms with Crippen molar-refractivity contribution in [3.8, 4) is 0 Å². The minimum Gasteiger partial charge on any atom is -0.388 e. The highest BCUT2D eigenvalue weighted by molar-refractivity contribution is 5.78. The SMILES string of the molecule is CCCC(C)(O)CNC(=O)Cc1ccc(F)cc1F. The number of nitrogens with one attached hydrogen (secondary N) is 1. The molecule has 0 aliphatic carbocycles. The quantitative estimate of drug-likeness (QED) is 0.833. The minimum atomic E-state index is -0.967. The van der Waals surface area contributed by atoms with Gasteiger partial charge in [0, 0.05) is 12.6 Å². The van der Waals surface area contributed by atoms with E-state index >= 15 is 0 Å². The van der Waals surface area contributed by atoms with E-state index in [4.69, 9.17) is 0 Å². The third-order valence-electron chi connectivity index (χ3n) is 2.82. The molecule has 1 unspecified atom stereocenters. The van der Waals surface area contributed by atoms with Crippen molar-refractivity contribution in [3.05, 3.63) is 35.4 Å². The van der Waals surface area contributed by atoms with E-state index in [-0.39, 0.29) is 18.5 Å². The lowest BCUT2D eigenvalue weighted by Gasteiger charge is -2.22. The van der Waals surface area contributed by atoms with Crippen LogP contribution in [0.5, 0.6) is 0 Å². The summed E-state index contributed by atoms with van der Waals surface area (Å²) >= 11 is 0. The molecular formula is C14H19F2NO2. The van der Waals surface area contributed by atoms with E-state index in [1.54, 1.807) is 6.92 Å². The summed E-state index contributed by atoms with van der Waals surface area (Å²) in [5, 5.41) is 12.4. The highest BCUT2D eigenvalue weighted by atomic mass is 19.1. The van der Waals surface area contributed by atoms with E-state index in [2.05, 4.69) is 5.32 Å². The maximum Gasteiger partial charge on any atom is 0.224 e. The van der Waals surface area contributed by atoms with Crippen molar-refractivity contribution in [2.45, 2.75) is 38.7 Å². The Morgan fingerprint density at radius 1 is 1.42 bits per heavy atom. The second kappa shape index (κ2) is 6.61. The topological polar surface area (TPSA) is 49.3 Å². The Balaban J connectivity index is 2.52. The molecule has 0 radical (unpaired) electrons. The zero-order chi connectivity index (χ0) is 14.5. The lowest BCUT2D eigenvalue weighted by atomic mass is 10.0. The van der Waals surface area contributed by atoms with Crippen molar-refractivity contribution in [1.29, 1.82) is 0 Å². The van der Waals surface area contributed by atoms with Crippen molar-refractivity contribution in [2.75, 3.05) is 6.54 Å². The van der Waals surface area contributed by atoms with Gasteiger partial charge in [0.25, 0.3) is 0 Å². The predicted molar refractivity (Wildman–Crippen MR) is 68.6 cm³/mol. The van der Waals surface area contributed by atoms with Crippen LogP contribution in [-0.4, -0.2) is 23.2 Å². The Morgan fingerprint density at radius 2 is 2.11 bits per heavy atom. The Labute approximate surface area is 111 Å². The molecule has 3 nitrogen and oxygen atoms in total. The van der Waals surface area contributed by atoms with E-state index < -0.39 is 23.1 Å². The molecule has 0 saturated heterocycles.